The molecule has 0 saturated heterocycles. The average molecular weight is 1030 g/mol. The van der Waals surface area contributed by atoms with Gasteiger partial charge in [0.2, 0.25) is 0 Å². The van der Waals surface area contributed by atoms with Crippen LogP contribution in [0.1, 0.15) is 44.5 Å². The van der Waals surface area contributed by atoms with Gasteiger partial charge in [0.15, 0.2) is 0 Å². The lowest BCUT2D eigenvalue weighted by Gasteiger charge is -2.26. The highest BCUT2D eigenvalue weighted by atomic mass is 15.1. The third-order valence-electron chi connectivity index (χ3n) is 14.8. The van der Waals surface area contributed by atoms with Gasteiger partial charge in [-0.25, -0.2) is 0 Å². The summed E-state index contributed by atoms with van der Waals surface area (Å²) >= 11 is 0. The van der Waals surface area contributed by atoms with E-state index >= 15 is 0 Å². The first-order valence-electron chi connectivity index (χ1n) is 27.6. The summed E-state index contributed by atoms with van der Waals surface area (Å²) < 4.78 is 0. The number of allylic oxidation sites excluding steroid dienone is 2. The van der Waals surface area contributed by atoms with Gasteiger partial charge in [-0.05, 0) is 164 Å². The fourth-order valence-electron chi connectivity index (χ4n) is 10.6. The average Bonchev–Trinajstić information content (AvgIpc) is 3.54. The summed E-state index contributed by atoms with van der Waals surface area (Å²) in [6.45, 7) is 0. The topological polar surface area (TPSA) is 6.48 Å². The molecule has 0 spiro atoms. The van der Waals surface area contributed by atoms with Crippen molar-refractivity contribution in [3.63, 3.8) is 0 Å². The Kier molecular flexibility index (Phi) is 15.4. The van der Waals surface area contributed by atoms with Gasteiger partial charge in [-0.15, -0.1) is 0 Å². The minimum atomic E-state index is 0.851. The van der Waals surface area contributed by atoms with Crippen LogP contribution in [0.3, 0.4) is 0 Å². The summed E-state index contributed by atoms with van der Waals surface area (Å²) in [5.74, 6) is 0. The Hall–Kier alpha value is -10.3. The number of anilines is 6. The van der Waals surface area contributed by atoms with E-state index in [1.165, 1.54) is 44.5 Å². The Labute approximate surface area is 471 Å². The normalized spacial score (nSPS) is 10.8. The molecule has 0 aromatic heterocycles. The molecule has 2 heteroatoms. The molecule has 2 nitrogen and oxygen atoms in total. The predicted molar refractivity (Wildman–Crippen MR) is 339 cm³/mol. The first-order chi connectivity index (χ1) is 39.6. The maximum absolute atomic E-state index is 2.33. The molecule has 0 heterocycles. The van der Waals surface area contributed by atoms with Crippen molar-refractivity contribution in [2.45, 2.75) is 12.8 Å². The molecule has 12 aromatic rings. The third-order valence-corrected chi connectivity index (χ3v) is 14.8. The van der Waals surface area contributed by atoms with E-state index in [1.54, 1.807) is 0 Å². The Morgan fingerprint density at radius 3 is 0.662 bits per heavy atom. The lowest BCUT2D eigenvalue weighted by Crippen LogP contribution is -2.10. The number of hydrogen-bond acceptors (Lipinski definition) is 2. The molecule has 0 amide bonds. The van der Waals surface area contributed by atoms with E-state index in [9.17, 15) is 0 Å². The van der Waals surface area contributed by atoms with Crippen LogP contribution in [0, 0.1) is 0 Å². The zero-order chi connectivity index (χ0) is 53.7. The molecule has 80 heavy (non-hydrogen) atoms. The molecular formula is C78H60N2. The second kappa shape index (κ2) is 24.4. The van der Waals surface area contributed by atoms with Crippen LogP contribution >= 0.6 is 0 Å². The molecule has 0 aliphatic rings. The van der Waals surface area contributed by atoms with Crippen LogP contribution in [-0.2, 0) is 12.8 Å². The second-order valence-electron chi connectivity index (χ2n) is 20.1. The molecule has 0 atom stereocenters. The molecule has 0 aliphatic heterocycles. The Morgan fingerprint density at radius 1 is 0.200 bits per heavy atom. The van der Waals surface area contributed by atoms with Crippen LogP contribution in [-0.4, -0.2) is 0 Å². The van der Waals surface area contributed by atoms with Crippen molar-refractivity contribution in [3.8, 4) is 22.3 Å². The van der Waals surface area contributed by atoms with Gasteiger partial charge in [0, 0.05) is 34.1 Å². The fourth-order valence-corrected chi connectivity index (χ4v) is 10.6. The van der Waals surface area contributed by atoms with Gasteiger partial charge in [0.1, 0.15) is 0 Å². The maximum atomic E-state index is 2.33. The number of benzene rings is 12. The maximum Gasteiger partial charge on any atom is 0.0462 e. The van der Waals surface area contributed by atoms with E-state index in [0.29, 0.717) is 0 Å². The van der Waals surface area contributed by atoms with Gasteiger partial charge in [0.25, 0.3) is 0 Å². The highest BCUT2D eigenvalue weighted by Gasteiger charge is 2.16. The van der Waals surface area contributed by atoms with Crippen molar-refractivity contribution in [1.82, 2.24) is 0 Å². The number of para-hydroxylation sites is 4. The van der Waals surface area contributed by atoms with Gasteiger partial charge in [-0.3, -0.25) is 0 Å². The van der Waals surface area contributed by atoms with E-state index < -0.39 is 0 Å². The van der Waals surface area contributed by atoms with Crippen molar-refractivity contribution in [1.29, 1.82) is 0 Å². The fraction of sp³-hybridized carbons (Fsp3) is 0.0256. The highest BCUT2D eigenvalue weighted by Crippen LogP contribution is 2.39. The van der Waals surface area contributed by atoms with Gasteiger partial charge in [-0.1, -0.05) is 267 Å². The van der Waals surface area contributed by atoms with E-state index in [2.05, 4.69) is 350 Å². The Balaban J connectivity index is 0.929. The molecule has 0 bridgehead atoms. The van der Waals surface area contributed by atoms with Crippen molar-refractivity contribution in [2.24, 2.45) is 0 Å². The van der Waals surface area contributed by atoms with Crippen molar-refractivity contribution in [3.05, 3.63) is 384 Å². The number of hydrogen-bond donors (Lipinski definition) is 0. The van der Waals surface area contributed by atoms with Gasteiger partial charge < -0.3 is 9.80 Å². The van der Waals surface area contributed by atoms with Crippen LogP contribution in [0.5, 0.6) is 0 Å². The molecule has 0 radical (unpaired) electrons. The zero-order valence-corrected chi connectivity index (χ0v) is 44.6. The van der Waals surface area contributed by atoms with Crippen molar-refractivity contribution >= 4 is 45.3 Å². The summed E-state index contributed by atoms with van der Waals surface area (Å²) in [7, 11) is 0. The van der Waals surface area contributed by atoms with Crippen LogP contribution in [0.15, 0.2) is 340 Å². The SMILES string of the molecule is C(C=C(c1ccc(N(c2ccccc2)c2ccccc2)cc1)c1ccc(N(c2ccccc2)c2ccccc2)cc1)=C(c1ccc(Cc2ccc(-c3ccccc3)cc2)cc1)c1ccc(Cc2ccc(-c3ccccc3)cc2)cc1. The van der Waals surface area contributed by atoms with E-state index in [0.717, 1.165) is 80.4 Å². The monoisotopic (exact) mass is 1020 g/mol. The summed E-state index contributed by atoms with van der Waals surface area (Å²) in [5.41, 5.74) is 23.4. The second-order valence-corrected chi connectivity index (χ2v) is 20.1. The van der Waals surface area contributed by atoms with Gasteiger partial charge in [0.05, 0.1) is 0 Å². The van der Waals surface area contributed by atoms with E-state index in [4.69, 9.17) is 0 Å². The molecule has 12 aromatic carbocycles. The van der Waals surface area contributed by atoms with Gasteiger partial charge >= 0.3 is 0 Å². The molecule has 0 fully saturated rings. The number of rotatable bonds is 17. The van der Waals surface area contributed by atoms with Gasteiger partial charge in [-0.2, -0.15) is 0 Å². The smallest absolute Gasteiger partial charge is 0.0462 e. The lowest BCUT2D eigenvalue weighted by atomic mass is 9.92. The molecule has 0 saturated carbocycles. The van der Waals surface area contributed by atoms with E-state index in [-0.39, 0.29) is 0 Å². The van der Waals surface area contributed by atoms with Crippen molar-refractivity contribution < 1.29 is 0 Å². The Morgan fingerprint density at radius 2 is 0.400 bits per heavy atom. The van der Waals surface area contributed by atoms with Crippen molar-refractivity contribution in [2.75, 3.05) is 9.80 Å². The summed E-state index contributed by atoms with van der Waals surface area (Å²) in [6, 6.07) is 118. The standard InChI is InChI=1S/C78H60N2/c1-7-19-63(20-8-1)65-39-31-59(32-40-65)57-61-35-43-67(44-36-61)77(68-45-37-62(38-46-68)58-60-33-41-66(42-34-60)64-21-9-2-10-22-64)55-56-78(69-47-51-75(52-48-69)79(71-23-11-3-12-24-71)72-25-13-4-14-26-72)70-49-53-76(54-50-70)80(73-27-15-5-16-28-73)74-29-17-6-18-30-74/h1-56H,57-58H2. The first kappa shape index (κ1) is 50.5. The Bertz CT molecular complexity index is 3600. The summed E-state index contributed by atoms with van der Waals surface area (Å²) in [5, 5.41) is 0. The molecule has 12 rings (SSSR count). The largest absolute Gasteiger partial charge is 0.311 e. The highest BCUT2D eigenvalue weighted by molar-refractivity contribution is 5.88. The molecule has 0 aliphatic carbocycles. The predicted octanol–water partition coefficient (Wildman–Crippen LogP) is 20.7. The third kappa shape index (κ3) is 12.0. The van der Waals surface area contributed by atoms with E-state index in [1.807, 2.05) is 0 Å². The summed E-state index contributed by atoms with van der Waals surface area (Å²) in [6.07, 6.45) is 6.35. The quantitative estimate of drug-likeness (QED) is 0.0839. The summed E-state index contributed by atoms with van der Waals surface area (Å²) in [4.78, 5) is 4.63. The van der Waals surface area contributed by atoms with Crippen LogP contribution in [0.4, 0.5) is 34.1 Å². The molecule has 0 N–H and O–H groups in total. The minimum absolute atomic E-state index is 0.851. The van der Waals surface area contributed by atoms with Crippen LogP contribution in [0.2, 0.25) is 0 Å². The van der Waals surface area contributed by atoms with Crippen LogP contribution < -0.4 is 9.80 Å². The lowest BCUT2D eigenvalue weighted by molar-refractivity contribution is 1.19. The zero-order valence-electron chi connectivity index (χ0n) is 44.6. The number of nitrogens with zero attached hydrogens (tertiary/aromatic N) is 2. The first-order valence-corrected chi connectivity index (χ1v) is 27.6. The van der Waals surface area contributed by atoms with Crippen LogP contribution in [0.25, 0.3) is 33.4 Å². The minimum Gasteiger partial charge on any atom is -0.311 e. The molecule has 0 unspecified atom stereocenters. The molecule has 382 valence electrons. The molecular weight excluding hydrogens is 965 g/mol.